The summed E-state index contributed by atoms with van der Waals surface area (Å²) >= 11 is 1.61. The van der Waals surface area contributed by atoms with Gasteiger partial charge in [0.05, 0.1) is 56.0 Å². The molecule has 1 N–H and O–H groups in total. The van der Waals surface area contributed by atoms with Crippen LogP contribution >= 0.6 is 11.3 Å². The van der Waals surface area contributed by atoms with E-state index < -0.39 is 0 Å². The lowest BCUT2D eigenvalue weighted by Gasteiger charge is -2.16. The maximum absolute atomic E-state index is 5.62. The van der Waals surface area contributed by atoms with E-state index in [0.717, 1.165) is 96.1 Å². The highest BCUT2D eigenvalue weighted by molar-refractivity contribution is 7.09. The standard InChI is InChI=1S/C11H13NO.C8H13N.2C8H12O.C7H12N2.C7H13NO.C7H11NO.C7H13NO.C6H11N3.2C6H10N2O.C6H10N2S/c1-11(2,3)10-12-8-6-4-5-7-9(8)13-10;3*1-8(2,3)7-5-4-6-9-7;3*1-7(2,3)6-8-4-5-9-6;1-7(2,3)6-4-5-9-8-6;1-6(2,3)5-4-7-9-8-5;1-6(2,3)5-8-7-4-9-5;1-6(2,3)5-7-4-8-9-5;1-6(2,3)5-8-7-4-9-5/h4-7H,1-3H3;4-5H,6H2,1-3H3;2*4-6H,1-3H3;4H,5H2,1-3H3;4-5H2,1-3H3;4-5H,1-3H3;4-5H2,1-3H3;4H,1-3H3,(H,7,8,9);3*4H,1-3H3. The van der Waals surface area contributed by atoms with Crippen LogP contribution in [0.1, 0.15) is 301 Å². The highest BCUT2D eigenvalue weighted by Crippen LogP contribution is 2.29. The number of oxazole rings is 2. The molecular formula is C87H140N16O8S. The number of aromatic amines is 1. The van der Waals surface area contributed by atoms with E-state index in [4.69, 9.17) is 36.2 Å². The van der Waals surface area contributed by atoms with E-state index in [1.165, 1.54) is 24.1 Å². The molecule has 0 aliphatic carbocycles. The van der Waals surface area contributed by atoms with Gasteiger partial charge in [-0.05, 0) is 42.5 Å². The third-order valence-electron chi connectivity index (χ3n) is 15.0. The van der Waals surface area contributed by atoms with E-state index in [0.29, 0.717) is 11.8 Å². The first kappa shape index (κ1) is 99.2. The lowest BCUT2D eigenvalue weighted by Crippen LogP contribution is -2.20. The molecule has 0 fully saturated rings. The first-order chi connectivity index (χ1) is 51.2. The molecule has 0 saturated carbocycles. The normalized spacial score (nSPS) is 14.1. The van der Waals surface area contributed by atoms with Gasteiger partial charge < -0.3 is 36.2 Å². The molecule has 0 amide bonds. The Morgan fingerprint density at radius 1 is 0.473 bits per heavy atom. The average Bonchev–Trinajstić information content (AvgIpc) is 1.67. The minimum Gasteiger partial charge on any atom is -0.479 e. The van der Waals surface area contributed by atoms with Gasteiger partial charge >= 0.3 is 0 Å². The Hall–Kier alpha value is -8.87. The quantitative estimate of drug-likeness (QED) is 0.147. The first-order valence-electron chi connectivity index (χ1n) is 38.4. The zero-order valence-electron chi connectivity index (χ0n) is 75.1. The number of ether oxygens (including phenoxy) is 1. The van der Waals surface area contributed by atoms with E-state index in [9.17, 15) is 0 Å². The van der Waals surface area contributed by atoms with Gasteiger partial charge in [-0.15, -0.1) is 31.7 Å². The van der Waals surface area contributed by atoms with Crippen molar-refractivity contribution in [3.8, 4) is 0 Å². The smallest absolute Gasteiger partial charge is 0.231 e. The van der Waals surface area contributed by atoms with Crippen LogP contribution in [0.4, 0.5) is 0 Å². The van der Waals surface area contributed by atoms with Gasteiger partial charge in [0.1, 0.15) is 52.9 Å². The molecule has 0 atom stereocenters. The SMILES string of the molecule is CC(C)(C)C1=NCC=C1.CC(C)(C)C1=NCC=N1.CC(C)(C)C1=NCCO1.CC(C)(C)C1=NOCC1.CC(C)(C)c1ccco1.CC(C)(C)c1ccco1.CC(C)(C)c1cn[nH]n1.CC(C)(C)c1nc2ccccc2o1.CC(C)(C)c1ncco1.CC(C)(C)c1ncno1.CC(C)(C)c1nnco1.CC(C)(C)c1nncs1. The summed E-state index contributed by atoms with van der Waals surface area (Å²) in [5.74, 6) is 6.93. The molecule has 0 radical (unpaired) electrons. The lowest BCUT2D eigenvalue weighted by molar-refractivity contribution is 0.173. The summed E-state index contributed by atoms with van der Waals surface area (Å²) in [6, 6.07) is 15.7. The average molecular weight is 1570 g/mol. The van der Waals surface area contributed by atoms with Crippen LogP contribution in [-0.4, -0.2) is 118 Å². The Morgan fingerprint density at radius 3 is 1.31 bits per heavy atom. The van der Waals surface area contributed by atoms with Crippen LogP contribution < -0.4 is 0 Å². The Morgan fingerprint density at radius 2 is 1.06 bits per heavy atom. The van der Waals surface area contributed by atoms with E-state index >= 15 is 0 Å². The second kappa shape index (κ2) is 43.4. The summed E-state index contributed by atoms with van der Waals surface area (Å²) in [7, 11) is 0. The van der Waals surface area contributed by atoms with Crippen LogP contribution in [0.3, 0.4) is 0 Å². The number of oxime groups is 1. The van der Waals surface area contributed by atoms with Crippen LogP contribution in [0.5, 0.6) is 0 Å². The molecule has 25 heteroatoms. The van der Waals surface area contributed by atoms with E-state index in [1.807, 2.05) is 96.3 Å². The minimum atomic E-state index is -0.0174. The summed E-state index contributed by atoms with van der Waals surface area (Å²) < 4.78 is 36.2. The van der Waals surface area contributed by atoms with Gasteiger partial charge in [-0.3, -0.25) is 15.0 Å². The van der Waals surface area contributed by atoms with Crippen LogP contribution in [0.2, 0.25) is 0 Å². The van der Waals surface area contributed by atoms with Crippen molar-refractivity contribution in [3.05, 3.63) is 156 Å². The Balaban J connectivity index is 0.000000415. The van der Waals surface area contributed by atoms with Crippen molar-refractivity contribution in [2.75, 3.05) is 32.8 Å². The fourth-order valence-electron chi connectivity index (χ4n) is 8.46. The summed E-state index contributed by atoms with van der Waals surface area (Å²) in [5, 5.41) is 33.8. The lowest BCUT2D eigenvalue weighted by atomic mass is 9.89. The van der Waals surface area contributed by atoms with Crippen molar-refractivity contribution in [2.45, 2.75) is 299 Å². The van der Waals surface area contributed by atoms with Gasteiger partial charge in [0, 0.05) is 83.3 Å². The number of amidine groups is 1. The second-order valence-electron chi connectivity index (χ2n) is 39.1. The van der Waals surface area contributed by atoms with E-state index in [-0.39, 0.29) is 65.0 Å². The van der Waals surface area contributed by atoms with Crippen molar-refractivity contribution >= 4 is 51.8 Å². The highest BCUT2D eigenvalue weighted by atomic mass is 32.1. The fourth-order valence-corrected chi connectivity index (χ4v) is 9.10. The first-order valence-corrected chi connectivity index (χ1v) is 39.3. The predicted molar refractivity (Wildman–Crippen MR) is 459 cm³/mol. The van der Waals surface area contributed by atoms with Crippen molar-refractivity contribution < 1.29 is 36.2 Å². The zero-order chi connectivity index (χ0) is 85.4. The summed E-state index contributed by atoms with van der Waals surface area (Å²) in [6.07, 6.45) is 18.3. The molecule has 8 aromatic heterocycles. The summed E-state index contributed by atoms with van der Waals surface area (Å²) in [5.41, 5.74) is 8.26. The maximum Gasteiger partial charge on any atom is 0.231 e. The fraction of sp³-hybridized carbons (Fsp3) is 0.621. The number of aliphatic imine (C=N–C) groups is 4. The van der Waals surface area contributed by atoms with Crippen LogP contribution in [0.25, 0.3) is 11.1 Å². The molecule has 112 heavy (non-hydrogen) atoms. The number of aromatic nitrogens is 11. The molecule has 0 spiro atoms. The Bertz CT molecular complexity index is 3590. The van der Waals surface area contributed by atoms with Gasteiger partial charge in [0.15, 0.2) is 23.7 Å². The van der Waals surface area contributed by atoms with Crippen LogP contribution in [0, 0.1) is 21.7 Å². The van der Waals surface area contributed by atoms with Crippen molar-refractivity contribution in [1.82, 2.24) is 55.9 Å². The van der Waals surface area contributed by atoms with Crippen molar-refractivity contribution in [1.29, 1.82) is 0 Å². The summed E-state index contributed by atoms with van der Waals surface area (Å²) in [4.78, 5) is 34.1. The molecule has 4 aliphatic heterocycles. The molecule has 0 unspecified atom stereocenters. The highest BCUT2D eigenvalue weighted by Gasteiger charge is 2.27. The van der Waals surface area contributed by atoms with Crippen LogP contribution in [-0.2, 0) is 52.9 Å². The number of allylic oxidation sites excluding steroid dienone is 1. The number of H-pyrrole nitrogens is 1. The zero-order valence-corrected chi connectivity index (χ0v) is 75.9. The number of furan rings is 2. The third-order valence-corrected chi connectivity index (χ3v) is 16.2. The molecule has 24 nitrogen and oxygen atoms in total. The van der Waals surface area contributed by atoms with Gasteiger partial charge in [-0.25, -0.2) is 15.0 Å². The summed E-state index contributed by atoms with van der Waals surface area (Å²) in [6.45, 7) is 79.9. The van der Waals surface area contributed by atoms with Crippen LogP contribution in [0.15, 0.2) is 162 Å². The molecule has 12 heterocycles. The molecule has 13 rings (SSSR count). The number of fused-ring (bicyclic) bond motifs is 1. The second-order valence-corrected chi connectivity index (χ2v) is 40.0. The van der Waals surface area contributed by atoms with Crippen molar-refractivity contribution in [2.24, 2.45) is 46.8 Å². The van der Waals surface area contributed by atoms with Gasteiger partial charge in [0.2, 0.25) is 24.1 Å². The monoisotopic (exact) mass is 1570 g/mol. The van der Waals surface area contributed by atoms with Gasteiger partial charge in [0.25, 0.3) is 0 Å². The number of benzene rings is 1. The minimum absolute atomic E-state index is 0.0149. The Labute approximate surface area is 674 Å². The number of hydrogen-bond acceptors (Lipinski definition) is 24. The third kappa shape index (κ3) is 40.0. The number of hydrogen-bond donors (Lipinski definition) is 1. The van der Waals surface area contributed by atoms with Gasteiger partial charge in [-0.1, -0.05) is 278 Å². The van der Waals surface area contributed by atoms with Crippen molar-refractivity contribution in [3.63, 3.8) is 0 Å². The molecule has 4 aliphatic rings. The molecule has 1 aromatic carbocycles. The maximum atomic E-state index is 5.62. The molecule has 0 bridgehead atoms. The molecule has 622 valence electrons. The number of nitrogens with zero attached hydrogens (tertiary/aromatic N) is 15. The molecule has 9 aromatic rings. The number of para-hydroxylation sites is 2. The topological polar surface area (TPSA) is 304 Å². The number of rotatable bonds is 0. The van der Waals surface area contributed by atoms with E-state index in [2.05, 4.69) is 301 Å². The van der Waals surface area contributed by atoms with Gasteiger partial charge in [-0.2, -0.15) is 20.4 Å². The van der Waals surface area contributed by atoms with E-state index in [1.54, 1.807) is 48.0 Å². The number of nitrogens with one attached hydrogen (secondary N) is 1. The molecular weight excluding hydrogens is 1430 g/mol. The Kier molecular flexibility index (Phi) is 38.4. The largest absolute Gasteiger partial charge is 0.479 e. The molecule has 0 saturated heterocycles. The predicted octanol–water partition coefficient (Wildman–Crippen LogP) is 22.8.